The van der Waals surface area contributed by atoms with Gasteiger partial charge >= 0.3 is 0 Å². The Balaban J connectivity index is 1.92. The topological polar surface area (TPSA) is 54.3 Å². The molecule has 0 aliphatic rings. The first-order valence-electron chi connectivity index (χ1n) is 6.69. The lowest BCUT2D eigenvalue weighted by Crippen LogP contribution is -2.34. The summed E-state index contributed by atoms with van der Waals surface area (Å²) < 4.78 is 1.91. The van der Waals surface area contributed by atoms with Crippen LogP contribution < -0.4 is 5.32 Å². The molecule has 0 aliphatic carbocycles. The SMILES string of the molecule is CCCC(O)CNC(=O)Cn1ccc2ccccc21. The van der Waals surface area contributed by atoms with E-state index in [1.807, 2.05) is 48.0 Å². The summed E-state index contributed by atoms with van der Waals surface area (Å²) in [6.07, 6.45) is 3.09. The molecule has 102 valence electrons. The summed E-state index contributed by atoms with van der Waals surface area (Å²) in [5.41, 5.74) is 1.05. The maximum absolute atomic E-state index is 11.8. The number of nitrogens with one attached hydrogen (secondary N) is 1. The number of aliphatic hydroxyl groups is 1. The number of carbonyl (C=O) groups excluding carboxylic acids is 1. The molecule has 1 aromatic carbocycles. The van der Waals surface area contributed by atoms with Gasteiger partial charge in [0, 0.05) is 18.3 Å². The minimum Gasteiger partial charge on any atom is -0.391 e. The lowest BCUT2D eigenvalue weighted by Gasteiger charge is -2.11. The number of rotatable bonds is 6. The molecule has 1 unspecified atom stereocenters. The smallest absolute Gasteiger partial charge is 0.240 e. The van der Waals surface area contributed by atoms with Gasteiger partial charge in [0.15, 0.2) is 0 Å². The number of hydrogen-bond acceptors (Lipinski definition) is 2. The zero-order valence-corrected chi connectivity index (χ0v) is 11.2. The third-order valence-electron chi connectivity index (χ3n) is 3.15. The summed E-state index contributed by atoms with van der Waals surface area (Å²) in [7, 11) is 0. The minimum atomic E-state index is -0.449. The fourth-order valence-electron chi connectivity index (χ4n) is 2.16. The van der Waals surface area contributed by atoms with Crippen LogP contribution in [0.25, 0.3) is 10.9 Å². The first kappa shape index (κ1) is 13.6. The zero-order valence-electron chi connectivity index (χ0n) is 11.2. The van der Waals surface area contributed by atoms with Crippen molar-refractivity contribution in [3.05, 3.63) is 36.5 Å². The van der Waals surface area contributed by atoms with E-state index in [0.29, 0.717) is 13.0 Å². The molecule has 0 spiro atoms. The number of benzene rings is 1. The van der Waals surface area contributed by atoms with Crippen molar-refractivity contribution in [1.82, 2.24) is 9.88 Å². The Hall–Kier alpha value is -1.81. The Morgan fingerprint density at radius 2 is 2.16 bits per heavy atom. The standard InChI is InChI=1S/C15H20N2O2/c1-2-5-13(18)10-16-15(19)11-17-9-8-12-6-3-4-7-14(12)17/h3-4,6-9,13,18H,2,5,10-11H2,1H3,(H,16,19). The van der Waals surface area contributed by atoms with Crippen molar-refractivity contribution < 1.29 is 9.90 Å². The van der Waals surface area contributed by atoms with E-state index in [0.717, 1.165) is 17.3 Å². The van der Waals surface area contributed by atoms with Gasteiger partial charge in [0.25, 0.3) is 0 Å². The monoisotopic (exact) mass is 260 g/mol. The third kappa shape index (κ3) is 3.58. The first-order chi connectivity index (χ1) is 9.20. The Labute approximate surface area is 113 Å². The quantitative estimate of drug-likeness (QED) is 0.833. The Morgan fingerprint density at radius 3 is 2.95 bits per heavy atom. The predicted octanol–water partition coefficient (Wildman–Crippen LogP) is 1.92. The van der Waals surface area contributed by atoms with Gasteiger partial charge in [0.1, 0.15) is 6.54 Å². The lowest BCUT2D eigenvalue weighted by molar-refractivity contribution is -0.122. The highest BCUT2D eigenvalue weighted by Gasteiger charge is 2.08. The Morgan fingerprint density at radius 1 is 1.37 bits per heavy atom. The largest absolute Gasteiger partial charge is 0.391 e. The number of amides is 1. The van der Waals surface area contributed by atoms with Crippen molar-refractivity contribution in [3.63, 3.8) is 0 Å². The van der Waals surface area contributed by atoms with E-state index in [4.69, 9.17) is 0 Å². The Bertz CT molecular complexity index is 548. The van der Waals surface area contributed by atoms with E-state index in [1.165, 1.54) is 0 Å². The van der Waals surface area contributed by atoms with Crippen LogP contribution in [0, 0.1) is 0 Å². The highest BCUT2D eigenvalue weighted by Crippen LogP contribution is 2.14. The molecule has 4 nitrogen and oxygen atoms in total. The molecule has 0 aliphatic heterocycles. The highest BCUT2D eigenvalue weighted by atomic mass is 16.3. The van der Waals surface area contributed by atoms with Gasteiger partial charge < -0.3 is 15.0 Å². The summed E-state index contributed by atoms with van der Waals surface area (Å²) in [4.78, 5) is 11.8. The second-order valence-electron chi connectivity index (χ2n) is 4.75. The lowest BCUT2D eigenvalue weighted by atomic mass is 10.2. The summed E-state index contributed by atoms with van der Waals surface area (Å²) in [5, 5.41) is 13.5. The van der Waals surface area contributed by atoms with E-state index < -0.39 is 6.10 Å². The summed E-state index contributed by atoms with van der Waals surface area (Å²) >= 11 is 0. The van der Waals surface area contributed by atoms with Crippen molar-refractivity contribution >= 4 is 16.8 Å². The molecule has 0 radical (unpaired) electrons. The second-order valence-corrected chi connectivity index (χ2v) is 4.75. The average Bonchev–Trinajstić information content (AvgIpc) is 2.80. The van der Waals surface area contributed by atoms with Gasteiger partial charge in [-0.25, -0.2) is 0 Å². The normalized spacial score (nSPS) is 12.5. The number of hydrogen-bond donors (Lipinski definition) is 2. The van der Waals surface area contributed by atoms with Crippen molar-refractivity contribution in [3.8, 4) is 0 Å². The van der Waals surface area contributed by atoms with Crippen LogP contribution in [0.3, 0.4) is 0 Å². The van der Waals surface area contributed by atoms with E-state index in [1.54, 1.807) is 0 Å². The molecule has 0 bridgehead atoms. The summed E-state index contributed by atoms with van der Waals surface area (Å²) in [6.45, 7) is 2.62. The van der Waals surface area contributed by atoms with Gasteiger partial charge in [-0.3, -0.25) is 4.79 Å². The van der Waals surface area contributed by atoms with Crippen LogP contribution >= 0.6 is 0 Å². The van der Waals surface area contributed by atoms with Gasteiger partial charge in [-0.15, -0.1) is 0 Å². The van der Waals surface area contributed by atoms with Gasteiger partial charge in [-0.2, -0.15) is 0 Å². The van der Waals surface area contributed by atoms with E-state index in [-0.39, 0.29) is 12.5 Å². The number of aliphatic hydroxyl groups excluding tert-OH is 1. The van der Waals surface area contributed by atoms with E-state index >= 15 is 0 Å². The average molecular weight is 260 g/mol. The summed E-state index contributed by atoms with van der Waals surface area (Å²) in [5.74, 6) is -0.0727. The molecule has 1 aromatic heterocycles. The van der Waals surface area contributed by atoms with Crippen molar-refractivity contribution in [1.29, 1.82) is 0 Å². The van der Waals surface area contributed by atoms with Gasteiger partial charge in [0.2, 0.25) is 5.91 Å². The van der Waals surface area contributed by atoms with Crippen molar-refractivity contribution in [2.75, 3.05) is 6.54 Å². The van der Waals surface area contributed by atoms with Crippen molar-refractivity contribution in [2.45, 2.75) is 32.4 Å². The number of nitrogens with zero attached hydrogens (tertiary/aromatic N) is 1. The third-order valence-corrected chi connectivity index (χ3v) is 3.15. The van der Waals surface area contributed by atoms with Crippen LogP contribution in [0.2, 0.25) is 0 Å². The number of carbonyl (C=O) groups is 1. The van der Waals surface area contributed by atoms with Crippen LogP contribution in [0.5, 0.6) is 0 Å². The highest BCUT2D eigenvalue weighted by molar-refractivity contribution is 5.83. The molecule has 1 heterocycles. The predicted molar refractivity (Wildman–Crippen MR) is 75.9 cm³/mol. The van der Waals surface area contributed by atoms with E-state index in [2.05, 4.69) is 5.32 Å². The van der Waals surface area contributed by atoms with Crippen LogP contribution in [0.15, 0.2) is 36.5 Å². The maximum Gasteiger partial charge on any atom is 0.240 e. The van der Waals surface area contributed by atoms with Crippen LogP contribution in [0.4, 0.5) is 0 Å². The number of aromatic nitrogens is 1. The maximum atomic E-state index is 11.8. The van der Waals surface area contributed by atoms with Crippen LogP contribution in [-0.4, -0.2) is 28.2 Å². The number of para-hydroxylation sites is 1. The molecule has 2 N–H and O–H groups in total. The summed E-state index contributed by atoms with van der Waals surface area (Å²) in [6, 6.07) is 9.95. The van der Waals surface area contributed by atoms with Gasteiger partial charge in [-0.1, -0.05) is 31.5 Å². The van der Waals surface area contributed by atoms with E-state index in [9.17, 15) is 9.90 Å². The molecule has 0 saturated carbocycles. The second kappa shape index (κ2) is 6.38. The first-order valence-corrected chi connectivity index (χ1v) is 6.69. The molecule has 19 heavy (non-hydrogen) atoms. The molecule has 1 amide bonds. The molecule has 1 atom stereocenters. The van der Waals surface area contributed by atoms with Crippen LogP contribution in [0.1, 0.15) is 19.8 Å². The fraction of sp³-hybridized carbons (Fsp3) is 0.400. The molecule has 4 heteroatoms. The molecule has 2 rings (SSSR count). The molecule has 0 saturated heterocycles. The van der Waals surface area contributed by atoms with Crippen LogP contribution in [-0.2, 0) is 11.3 Å². The molecule has 2 aromatic rings. The molecular weight excluding hydrogens is 240 g/mol. The van der Waals surface area contributed by atoms with Gasteiger partial charge in [0.05, 0.1) is 6.10 Å². The van der Waals surface area contributed by atoms with Crippen molar-refractivity contribution in [2.24, 2.45) is 0 Å². The zero-order chi connectivity index (χ0) is 13.7. The minimum absolute atomic E-state index is 0.0727. The molecular formula is C15H20N2O2. The Kier molecular flexibility index (Phi) is 4.58. The molecule has 0 fully saturated rings. The fourth-order valence-corrected chi connectivity index (χ4v) is 2.16. The number of fused-ring (bicyclic) bond motifs is 1. The van der Waals surface area contributed by atoms with Gasteiger partial charge in [-0.05, 0) is 23.9 Å².